The normalized spacial score (nSPS) is 23.8. The number of aliphatic hydroxyl groups excluding tert-OH is 1. The molecule has 6 nitrogen and oxygen atoms in total. The van der Waals surface area contributed by atoms with Crippen LogP contribution in [0.4, 0.5) is 0 Å². The van der Waals surface area contributed by atoms with Gasteiger partial charge < -0.3 is 21.1 Å². The number of imidazole rings is 1. The number of nitrogens with two attached hydrogens (primary N) is 1. The van der Waals surface area contributed by atoms with E-state index < -0.39 is 12.0 Å². The quantitative estimate of drug-likeness (QED) is 0.591. The molecule has 1 heterocycles. The molecule has 0 radical (unpaired) electrons. The van der Waals surface area contributed by atoms with Crippen LogP contribution in [0.2, 0.25) is 0 Å². The largest absolute Gasteiger partial charge is 0.392 e. The number of aromatic nitrogens is 2. The first-order chi connectivity index (χ1) is 9.91. The second-order valence-corrected chi connectivity index (χ2v) is 6.12. The van der Waals surface area contributed by atoms with Crippen LogP contribution >= 0.6 is 0 Å². The summed E-state index contributed by atoms with van der Waals surface area (Å²) in [6.45, 7) is 4.07. The first kappa shape index (κ1) is 16.0. The number of carbonyl (C=O) groups is 1. The molecule has 21 heavy (non-hydrogen) atoms. The van der Waals surface area contributed by atoms with Gasteiger partial charge in [0.05, 0.1) is 23.8 Å². The summed E-state index contributed by atoms with van der Waals surface area (Å²) in [5.74, 6) is 0.342. The van der Waals surface area contributed by atoms with E-state index in [9.17, 15) is 9.90 Å². The summed E-state index contributed by atoms with van der Waals surface area (Å²) < 4.78 is 0. The van der Waals surface area contributed by atoms with E-state index in [2.05, 4.69) is 17.2 Å². The van der Waals surface area contributed by atoms with Crippen LogP contribution in [0.1, 0.15) is 50.3 Å². The molecule has 118 valence electrons. The van der Waals surface area contributed by atoms with Gasteiger partial charge in [-0.25, -0.2) is 4.98 Å². The Labute approximate surface area is 125 Å². The van der Waals surface area contributed by atoms with Crippen LogP contribution < -0.4 is 11.1 Å². The molecule has 1 aromatic heterocycles. The van der Waals surface area contributed by atoms with E-state index in [0.717, 1.165) is 30.8 Å². The highest BCUT2D eigenvalue weighted by Crippen LogP contribution is 2.37. The number of hydrogen-bond acceptors (Lipinski definition) is 4. The number of nitrogens with zero attached hydrogens (tertiary/aromatic N) is 1. The van der Waals surface area contributed by atoms with Crippen LogP contribution in [0.15, 0.2) is 0 Å². The highest BCUT2D eigenvalue weighted by atomic mass is 16.3. The number of primary amides is 1. The Kier molecular flexibility index (Phi) is 4.68. The van der Waals surface area contributed by atoms with Gasteiger partial charge in [0.15, 0.2) is 0 Å². The van der Waals surface area contributed by atoms with E-state index in [1.54, 1.807) is 0 Å². The SMILES string of the molecule is CCC1(NC)CCc2[nH]c(C[C@@H](C)[C@@H](O)CC(N)=O)nc21. The minimum atomic E-state index is -0.720. The molecule has 2 rings (SSSR count). The zero-order valence-electron chi connectivity index (χ0n) is 13.1. The monoisotopic (exact) mass is 294 g/mol. The van der Waals surface area contributed by atoms with Gasteiger partial charge in [0, 0.05) is 12.1 Å². The number of aryl methyl sites for hydroxylation is 1. The van der Waals surface area contributed by atoms with Gasteiger partial charge in [-0.1, -0.05) is 13.8 Å². The van der Waals surface area contributed by atoms with E-state index >= 15 is 0 Å². The second-order valence-electron chi connectivity index (χ2n) is 6.12. The summed E-state index contributed by atoms with van der Waals surface area (Å²) in [4.78, 5) is 19.0. The maximum Gasteiger partial charge on any atom is 0.220 e. The third-order valence-electron chi connectivity index (χ3n) is 4.75. The molecule has 0 bridgehead atoms. The molecule has 0 aromatic carbocycles. The Morgan fingerprint density at radius 1 is 1.62 bits per heavy atom. The Bertz CT molecular complexity index is 508. The van der Waals surface area contributed by atoms with E-state index in [1.807, 2.05) is 14.0 Å². The smallest absolute Gasteiger partial charge is 0.220 e. The van der Waals surface area contributed by atoms with Gasteiger partial charge in [-0.3, -0.25) is 4.79 Å². The third-order valence-corrected chi connectivity index (χ3v) is 4.75. The number of aliphatic hydroxyl groups is 1. The van der Waals surface area contributed by atoms with Crippen molar-refractivity contribution in [1.82, 2.24) is 15.3 Å². The lowest BCUT2D eigenvalue weighted by molar-refractivity contribution is -0.120. The van der Waals surface area contributed by atoms with Crippen LogP contribution in [0, 0.1) is 5.92 Å². The average molecular weight is 294 g/mol. The molecule has 0 saturated carbocycles. The minimum Gasteiger partial charge on any atom is -0.392 e. The van der Waals surface area contributed by atoms with Crippen molar-refractivity contribution >= 4 is 5.91 Å². The van der Waals surface area contributed by atoms with Gasteiger partial charge in [-0.15, -0.1) is 0 Å². The summed E-state index contributed by atoms with van der Waals surface area (Å²) in [6, 6.07) is 0. The second kappa shape index (κ2) is 6.15. The highest BCUT2D eigenvalue weighted by molar-refractivity contribution is 5.74. The van der Waals surface area contributed by atoms with Gasteiger partial charge in [-0.05, 0) is 32.2 Å². The van der Waals surface area contributed by atoms with Crippen molar-refractivity contribution in [2.45, 2.75) is 57.6 Å². The van der Waals surface area contributed by atoms with E-state index in [-0.39, 0.29) is 17.9 Å². The van der Waals surface area contributed by atoms with Crippen LogP contribution in [0.5, 0.6) is 0 Å². The van der Waals surface area contributed by atoms with Crippen LogP contribution in [0.3, 0.4) is 0 Å². The average Bonchev–Trinajstić information content (AvgIpc) is 2.96. The van der Waals surface area contributed by atoms with Crippen molar-refractivity contribution < 1.29 is 9.90 Å². The van der Waals surface area contributed by atoms with Crippen LogP contribution in [0.25, 0.3) is 0 Å². The van der Waals surface area contributed by atoms with E-state index in [0.29, 0.717) is 6.42 Å². The zero-order chi connectivity index (χ0) is 15.6. The van der Waals surface area contributed by atoms with Gasteiger partial charge in [0.1, 0.15) is 5.82 Å². The molecule has 6 heteroatoms. The Balaban J connectivity index is 2.09. The molecular formula is C15H26N4O2. The molecule has 3 atom stereocenters. The lowest BCUT2D eigenvalue weighted by Gasteiger charge is -2.26. The third kappa shape index (κ3) is 3.11. The van der Waals surface area contributed by atoms with E-state index in [1.165, 1.54) is 5.69 Å². The van der Waals surface area contributed by atoms with Crippen LogP contribution in [-0.4, -0.2) is 34.1 Å². The van der Waals surface area contributed by atoms with Crippen molar-refractivity contribution in [3.8, 4) is 0 Å². The van der Waals surface area contributed by atoms with Gasteiger partial charge in [0.2, 0.25) is 5.91 Å². The predicted molar refractivity (Wildman–Crippen MR) is 80.6 cm³/mol. The maximum absolute atomic E-state index is 10.9. The molecular weight excluding hydrogens is 268 g/mol. The molecule has 1 amide bonds. The number of carbonyl (C=O) groups excluding carboxylic acids is 1. The number of rotatable bonds is 7. The van der Waals surface area contributed by atoms with Gasteiger partial charge >= 0.3 is 0 Å². The topological polar surface area (TPSA) is 104 Å². The summed E-state index contributed by atoms with van der Waals surface area (Å²) in [5.41, 5.74) is 7.40. The first-order valence-corrected chi connectivity index (χ1v) is 7.65. The molecule has 1 aromatic rings. The lowest BCUT2D eigenvalue weighted by Crippen LogP contribution is -2.37. The number of fused-ring (bicyclic) bond motifs is 1. The van der Waals surface area contributed by atoms with Crippen molar-refractivity contribution in [2.75, 3.05) is 7.05 Å². The fourth-order valence-corrected chi connectivity index (χ4v) is 3.21. The highest BCUT2D eigenvalue weighted by Gasteiger charge is 2.39. The van der Waals surface area contributed by atoms with Crippen molar-refractivity contribution in [3.05, 3.63) is 17.2 Å². The van der Waals surface area contributed by atoms with Gasteiger partial charge in [0.25, 0.3) is 0 Å². The number of amides is 1. The van der Waals surface area contributed by atoms with Crippen molar-refractivity contribution in [3.63, 3.8) is 0 Å². The Hall–Kier alpha value is -1.40. The summed E-state index contributed by atoms with van der Waals surface area (Å²) in [5, 5.41) is 13.3. The molecule has 0 saturated heterocycles. The van der Waals surface area contributed by atoms with Gasteiger partial charge in [-0.2, -0.15) is 0 Å². The Morgan fingerprint density at radius 2 is 2.33 bits per heavy atom. The molecule has 0 fully saturated rings. The lowest BCUT2D eigenvalue weighted by atomic mass is 9.93. The molecule has 5 N–H and O–H groups in total. The van der Waals surface area contributed by atoms with E-state index in [4.69, 9.17) is 10.7 Å². The molecule has 1 unspecified atom stereocenters. The summed E-state index contributed by atoms with van der Waals surface area (Å²) >= 11 is 0. The Morgan fingerprint density at radius 3 is 2.90 bits per heavy atom. The molecule has 1 aliphatic carbocycles. The van der Waals surface area contributed by atoms with Crippen molar-refractivity contribution in [2.24, 2.45) is 11.7 Å². The molecule has 0 aliphatic heterocycles. The first-order valence-electron chi connectivity index (χ1n) is 7.65. The summed E-state index contributed by atoms with van der Waals surface area (Å²) in [7, 11) is 1.98. The fourth-order valence-electron chi connectivity index (χ4n) is 3.21. The molecule has 1 aliphatic rings. The minimum absolute atomic E-state index is 0.00297. The number of hydrogen-bond donors (Lipinski definition) is 4. The number of H-pyrrole nitrogens is 1. The maximum atomic E-state index is 10.9. The zero-order valence-corrected chi connectivity index (χ0v) is 13.1. The van der Waals surface area contributed by atoms with Crippen LogP contribution in [-0.2, 0) is 23.2 Å². The van der Waals surface area contributed by atoms with Crippen molar-refractivity contribution in [1.29, 1.82) is 0 Å². The number of nitrogens with one attached hydrogen (secondary N) is 2. The standard InChI is InChI=1S/C15H26N4O2/c1-4-15(17-3)6-5-10-14(15)19-13(18-10)7-9(2)11(20)8-12(16)21/h9,11,17,20H,4-8H2,1-3H3,(H2,16,21)(H,18,19)/t9-,11+,15?/m1/s1. The summed E-state index contributed by atoms with van der Waals surface area (Å²) in [6.07, 6.45) is 2.95. The fraction of sp³-hybridized carbons (Fsp3) is 0.733. The number of aromatic amines is 1. The predicted octanol–water partition coefficient (Wildman–Crippen LogP) is 0.596. The molecule has 0 spiro atoms.